The number of pyridine rings is 1. The number of amides is 1. The molecule has 2 saturated heterocycles. The lowest BCUT2D eigenvalue weighted by molar-refractivity contribution is -0.0342. The number of aromatic nitrogens is 3. The number of nitrogens with two attached hydrogens (primary N) is 1. The Kier molecular flexibility index (Phi) is 7.29. The summed E-state index contributed by atoms with van der Waals surface area (Å²) in [5, 5.41) is 6.96. The Morgan fingerprint density at radius 2 is 1.75 bits per heavy atom. The SMILES string of the molecule is Cc1cc(-c2nc(C(N)=O)c(Nc3ccc(N4CCN(C)CC4)cc3)nc2NC2CC3(CCOCC3)C2)ccn1. The fourth-order valence-corrected chi connectivity index (χ4v) is 6.14. The Morgan fingerprint density at radius 1 is 1.02 bits per heavy atom. The largest absolute Gasteiger partial charge is 0.381 e. The van der Waals surface area contributed by atoms with Gasteiger partial charge in [-0.3, -0.25) is 9.78 Å². The highest BCUT2D eigenvalue weighted by Gasteiger charge is 2.45. The van der Waals surface area contributed by atoms with Crippen molar-refractivity contribution in [3.8, 4) is 11.3 Å². The zero-order chi connectivity index (χ0) is 27.7. The average molecular weight is 543 g/mol. The van der Waals surface area contributed by atoms with Gasteiger partial charge >= 0.3 is 0 Å². The number of nitrogens with one attached hydrogen (secondary N) is 2. The van der Waals surface area contributed by atoms with Crippen molar-refractivity contribution < 1.29 is 9.53 Å². The Hall–Kier alpha value is -3.76. The molecule has 0 atom stereocenters. The first-order valence-electron chi connectivity index (χ1n) is 14.2. The summed E-state index contributed by atoms with van der Waals surface area (Å²) in [5.74, 6) is 0.350. The third-order valence-corrected chi connectivity index (χ3v) is 8.55. The summed E-state index contributed by atoms with van der Waals surface area (Å²) in [6.07, 6.45) is 6.09. The van der Waals surface area contributed by atoms with Crippen LogP contribution in [0, 0.1) is 12.3 Å². The molecule has 10 nitrogen and oxygen atoms in total. The van der Waals surface area contributed by atoms with Crippen LogP contribution in [0.4, 0.5) is 23.0 Å². The number of nitrogens with zero attached hydrogens (tertiary/aromatic N) is 5. The van der Waals surface area contributed by atoms with Gasteiger partial charge in [0.25, 0.3) is 5.91 Å². The molecule has 4 N–H and O–H groups in total. The molecule has 0 unspecified atom stereocenters. The number of likely N-dealkylation sites (N-methyl/N-ethyl adjacent to an activating group) is 1. The van der Waals surface area contributed by atoms with Gasteiger partial charge in [-0.2, -0.15) is 0 Å². The van der Waals surface area contributed by atoms with Crippen LogP contribution in [-0.4, -0.2) is 78.2 Å². The maximum atomic E-state index is 12.6. The van der Waals surface area contributed by atoms with E-state index in [9.17, 15) is 4.79 Å². The molecule has 0 bridgehead atoms. The van der Waals surface area contributed by atoms with Crippen LogP contribution in [0.5, 0.6) is 0 Å². The monoisotopic (exact) mass is 542 g/mol. The maximum Gasteiger partial charge on any atom is 0.271 e. The topological polar surface area (TPSA) is 122 Å². The lowest BCUT2D eigenvalue weighted by Gasteiger charge is -2.50. The number of rotatable bonds is 7. The van der Waals surface area contributed by atoms with Crippen molar-refractivity contribution in [2.75, 3.05) is 62.0 Å². The third-order valence-electron chi connectivity index (χ3n) is 8.55. The average Bonchev–Trinajstić information content (AvgIpc) is 2.94. The van der Waals surface area contributed by atoms with Crippen molar-refractivity contribution in [3.63, 3.8) is 0 Å². The first kappa shape index (κ1) is 26.5. The van der Waals surface area contributed by atoms with Crippen LogP contribution < -0.4 is 21.3 Å². The van der Waals surface area contributed by atoms with E-state index in [1.807, 2.05) is 31.2 Å². The van der Waals surface area contributed by atoms with Gasteiger partial charge in [0.1, 0.15) is 5.69 Å². The van der Waals surface area contributed by atoms with Crippen molar-refractivity contribution in [2.24, 2.45) is 11.1 Å². The fraction of sp³-hybridized carbons (Fsp3) is 0.467. The minimum absolute atomic E-state index is 0.104. The van der Waals surface area contributed by atoms with Crippen molar-refractivity contribution in [1.29, 1.82) is 0 Å². The summed E-state index contributed by atoms with van der Waals surface area (Å²) < 4.78 is 5.59. The molecule has 0 radical (unpaired) electrons. The molecule has 6 rings (SSSR count). The van der Waals surface area contributed by atoms with Crippen LogP contribution in [0.3, 0.4) is 0 Å². The van der Waals surface area contributed by atoms with Gasteiger partial charge in [0.05, 0.1) is 0 Å². The molecule has 10 heteroatoms. The second-order valence-electron chi connectivity index (χ2n) is 11.5. The lowest BCUT2D eigenvalue weighted by atomic mass is 9.61. The number of ether oxygens (including phenoxy) is 1. The number of hydrogen-bond donors (Lipinski definition) is 3. The summed E-state index contributed by atoms with van der Waals surface area (Å²) in [4.78, 5) is 31.3. The van der Waals surface area contributed by atoms with Crippen LogP contribution >= 0.6 is 0 Å². The molecule has 1 amide bonds. The zero-order valence-electron chi connectivity index (χ0n) is 23.3. The number of hydrogen-bond acceptors (Lipinski definition) is 9. The molecular formula is C30H38N8O2. The molecule has 3 aromatic rings. The first-order chi connectivity index (χ1) is 19.4. The number of primary amides is 1. The summed E-state index contributed by atoms with van der Waals surface area (Å²) in [6, 6.07) is 12.3. The maximum absolute atomic E-state index is 12.6. The lowest BCUT2D eigenvalue weighted by Crippen LogP contribution is -2.48. The van der Waals surface area contributed by atoms with Crippen LogP contribution in [0.15, 0.2) is 42.6 Å². The molecule has 1 spiro atoms. The zero-order valence-corrected chi connectivity index (χ0v) is 23.3. The number of piperazine rings is 1. The van der Waals surface area contributed by atoms with E-state index in [2.05, 4.69) is 44.6 Å². The second-order valence-corrected chi connectivity index (χ2v) is 11.5. The summed E-state index contributed by atoms with van der Waals surface area (Å²) in [5.41, 5.74) is 10.6. The van der Waals surface area contributed by atoms with Crippen LogP contribution in [0.1, 0.15) is 41.9 Å². The predicted octanol–water partition coefficient (Wildman–Crippen LogP) is 3.81. The van der Waals surface area contributed by atoms with Crippen molar-refractivity contribution in [3.05, 3.63) is 54.0 Å². The standard InChI is InChI=1S/C30H38N8O2/c1-20-17-21(7-10-32-20)25-28(34-23-18-30(19-23)8-15-40-16-9-30)36-29(26(35-25)27(31)39)33-22-3-5-24(6-4-22)38-13-11-37(2)12-14-38/h3-7,10,17,23H,8-9,11-16,18-19H2,1-2H3,(H2,31,39)(H2,33,34,36). The molecule has 3 aliphatic rings. The summed E-state index contributed by atoms with van der Waals surface area (Å²) in [6.45, 7) is 7.70. The van der Waals surface area contributed by atoms with E-state index in [4.69, 9.17) is 20.4 Å². The highest BCUT2D eigenvalue weighted by Crippen LogP contribution is 2.50. The number of aryl methyl sites for hydroxylation is 1. The van der Waals surface area contributed by atoms with Gasteiger partial charge in [0, 0.05) is 74.3 Å². The Balaban J connectivity index is 1.28. The van der Waals surface area contributed by atoms with E-state index in [0.29, 0.717) is 22.7 Å². The molecule has 4 heterocycles. The minimum atomic E-state index is -0.632. The number of carbonyl (C=O) groups is 1. The number of benzene rings is 1. The third kappa shape index (κ3) is 5.59. The van der Waals surface area contributed by atoms with Gasteiger partial charge in [-0.1, -0.05) is 0 Å². The number of anilines is 4. The van der Waals surface area contributed by atoms with E-state index in [1.165, 1.54) is 5.69 Å². The first-order valence-corrected chi connectivity index (χ1v) is 14.2. The van der Waals surface area contributed by atoms with Crippen LogP contribution in [0.2, 0.25) is 0 Å². The van der Waals surface area contributed by atoms with Gasteiger partial charge in [-0.05, 0) is 81.5 Å². The molecule has 1 aromatic carbocycles. The van der Waals surface area contributed by atoms with Gasteiger partial charge < -0.3 is 30.9 Å². The number of carbonyl (C=O) groups excluding carboxylic acids is 1. The molecule has 2 aliphatic heterocycles. The molecule has 1 saturated carbocycles. The quantitative estimate of drug-likeness (QED) is 0.409. The van der Waals surface area contributed by atoms with Gasteiger partial charge in [-0.15, -0.1) is 0 Å². The van der Waals surface area contributed by atoms with Crippen molar-refractivity contribution in [1.82, 2.24) is 19.9 Å². The van der Waals surface area contributed by atoms with Gasteiger partial charge in [0.15, 0.2) is 17.3 Å². The highest BCUT2D eigenvalue weighted by molar-refractivity contribution is 5.97. The van der Waals surface area contributed by atoms with Crippen molar-refractivity contribution >= 4 is 28.9 Å². The Labute approximate surface area is 235 Å². The molecule has 2 aromatic heterocycles. The van der Waals surface area contributed by atoms with E-state index in [-0.39, 0.29) is 11.7 Å². The normalized spacial score (nSPS) is 19.3. The molecular weight excluding hydrogens is 504 g/mol. The second kappa shape index (κ2) is 11.0. The van der Waals surface area contributed by atoms with E-state index in [1.54, 1.807) is 6.20 Å². The summed E-state index contributed by atoms with van der Waals surface area (Å²) >= 11 is 0. The van der Waals surface area contributed by atoms with E-state index >= 15 is 0 Å². The summed E-state index contributed by atoms with van der Waals surface area (Å²) in [7, 11) is 2.15. The highest BCUT2D eigenvalue weighted by atomic mass is 16.5. The van der Waals surface area contributed by atoms with Gasteiger partial charge in [0.2, 0.25) is 0 Å². The molecule has 40 heavy (non-hydrogen) atoms. The smallest absolute Gasteiger partial charge is 0.271 e. The van der Waals surface area contributed by atoms with Crippen LogP contribution in [0.25, 0.3) is 11.3 Å². The Morgan fingerprint density at radius 3 is 2.42 bits per heavy atom. The Bertz CT molecular complexity index is 1360. The minimum Gasteiger partial charge on any atom is -0.381 e. The van der Waals surface area contributed by atoms with Gasteiger partial charge in [-0.25, -0.2) is 9.97 Å². The van der Waals surface area contributed by atoms with E-state index < -0.39 is 5.91 Å². The van der Waals surface area contributed by atoms with E-state index in [0.717, 1.165) is 82.0 Å². The predicted molar refractivity (Wildman–Crippen MR) is 157 cm³/mol. The van der Waals surface area contributed by atoms with Crippen molar-refractivity contribution in [2.45, 2.75) is 38.6 Å². The molecule has 3 fully saturated rings. The fourth-order valence-electron chi connectivity index (χ4n) is 6.14. The molecule has 210 valence electrons. The van der Waals surface area contributed by atoms with Crippen LogP contribution in [-0.2, 0) is 4.74 Å². The molecule has 1 aliphatic carbocycles.